The third-order valence-corrected chi connectivity index (χ3v) is 5.96. The summed E-state index contributed by atoms with van der Waals surface area (Å²) in [7, 11) is 1.50. The standard InChI is InChI=1S/C19H21Cl2F3N4O3/c1-11-17(21)18(19(22,23)24)25-28(11)9-16(30)26-5-6-27(13(8-26)10-29)12-3-4-14(20)15(7-12)31-2/h3-4,7,13,29H,5-6,8-10H2,1-2H3. The number of halogens is 5. The van der Waals surface area contributed by atoms with Crippen LogP contribution in [-0.2, 0) is 17.5 Å². The van der Waals surface area contributed by atoms with Gasteiger partial charge in [0, 0.05) is 31.4 Å². The van der Waals surface area contributed by atoms with E-state index in [1.807, 2.05) is 4.90 Å². The molecule has 1 aliphatic rings. The van der Waals surface area contributed by atoms with Gasteiger partial charge in [0.2, 0.25) is 5.91 Å². The van der Waals surface area contributed by atoms with Crippen LogP contribution in [-0.4, -0.2) is 65.1 Å². The Hall–Kier alpha value is -2.17. The summed E-state index contributed by atoms with van der Waals surface area (Å²) in [5.41, 5.74) is -0.376. The lowest BCUT2D eigenvalue weighted by molar-refractivity contribution is -0.142. The van der Waals surface area contributed by atoms with Gasteiger partial charge in [-0.05, 0) is 19.1 Å². The molecule has 2 aromatic rings. The molecule has 1 unspecified atom stereocenters. The Morgan fingerprint density at radius 2 is 2.03 bits per heavy atom. The molecule has 0 aliphatic carbocycles. The fraction of sp³-hybridized carbons (Fsp3) is 0.474. The van der Waals surface area contributed by atoms with Crippen LogP contribution >= 0.6 is 23.2 Å². The van der Waals surface area contributed by atoms with E-state index >= 15 is 0 Å². The van der Waals surface area contributed by atoms with Gasteiger partial charge in [-0.15, -0.1) is 0 Å². The highest BCUT2D eigenvalue weighted by molar-refractivity contribution is 6.32. The van der Waals surface area contributed by atoms with Gasteiger partial charge in [-0.2, -0.15) is 18.3 Å². The van der Waals surface area contributed by atoms with Crippen molar-refractivity contribution in [3.8, 4) is 5.75 Å². The van der Waals surface area contributed by atoms with E-state index in [4.69, 9.17) is 27.9 Å². The fourth-order valence-corrected chi connectivity index (χ4v) is 3.93. The van der Waals surface area contributed by atoms with Gasteiger partial charge in [0.25, 0.3) is 0 Å². The summed E-state index contributed by atoms with van der Waals surface area (Å²) >= 11 is 11.8. The van der Waals surface area contributed by atoms with E-state index in [1.165, 1.54) is 18.9 Å². The summed E-state index contributed by atoms with van der Waals surface area (Å²) in [6.45, 7) is 1.70. The molecule has 170 valence electrons. The lowest BCUT2D eigenvalue weighted by Crippen LogP contribution is -2.57. The molecule has 0 radical (unpaired) electrons. The number of hydrogen-bond donors (Lipinski definition) is 1. The van der Waals surface area contributed by atoms with E-state index in [-0.39, 0.29) is 25.4 Å². The van der Waals surface area contributed by atoms with Crippen molar-refractivity contribution < 1.29 is 27.8 Å². The van der Waals surface area contributed by atoms with Crippen molar-refractivity contribution in [2.24, 2.45) is 0 Å². The number of methoxy groups -OCH3 is 1. The zero-order chi connectivity index (χ0) is 22.9. The summed E-state index contributed by atoms with van der Waals surface area (Å²) in [5.74, 6) is 0.0728. The van der Waals surface area contributed by atoms with Crippen LogP contribution in [0.4, 0.5) is 18.9 Å². The average molecular weight is 481 g/mol. The number of aliphatic hydroxyl groups is 1. The first-order valence-corrected chi connectivity index (χ1v) is 10.1. The molecule has 3 rings (SSSR count). The molecule has 1 atom stereocenters. The van der Waals surface area contributed by atoms with E-state index in [9.17, 15) is 23.1 Å². The molecule has 0 saturated carbocycles. The number of rotatable bonds is 5. The van der Waals surface area contributed by atoms with Crippen LogP contribution in [0.2, 0.25) is 10.0 Å². The van der Waals surface area contributed by atoms with E-state index in [2.05, 4.69) is 5.10 Å². The molecule has 1 aromatic carbocycles. The van der Waals surface area contributed by atoms with Crippen molar-refractivity contribution in [2.75, 3.05) is 38.3 Å². The number of carbonyl (C=O) groups excluding carboxylic acids is 1. The smallest absolute Gasteiger partial charge is 0.436 e. The van der Waals surface area contributed by atoms with Crippen LogP contribution in [0.5, 0.6) is 5.75 Å². The highest BCUT2D eigenvalue weighted by atomic mass is 35.5. The normalized spacial score (nSPS) is 17.2. The van der Waals surface area contributed by atoms with Gasteiger partial charge in [-0.1, -0.05) is 23.2 Å². The van der Waals surface area contributed by atoms with Crippen molar-refractivity contribution in [1.29, 1.82) is 0 Å². The second-order valence-electron chi connectivity index (χ2n) is 7.09. The number of carbonyl (C=O) groups is 1. The summed E-state index contributed by atoms with van der Waals surface area (Å²) in [4.78, 5) is 16.2. The minimum atomic E-state index is -4.70. The maximum absolute atomic E-state index is 13.0. The quantitative estimate of drug-likeness (QED) is 0.711. The number of hydrogen-bond acceptors (Lipinski definition) is 5. The first-order chi connectivity index (χ1) is 14.6. The Morgan fingerprint density at radius 1 is 1.32 bits per heavy atom. The Morgan fingerprint density at radius 3 is 2.61 bits per heavy atom. The zero-order valence-corrected chi connectivity index (χ0v) is 18.3. The predicted octanol–water partition coefficient (Wildman–Crippen LogP) is 3.24. The van der Waals surface area contributed by atoms with E-state index < -0.39 is 28.8 Å². The van der Waals surface area contributed by atoms with Crippen LogP contribution in [0.25, 0.3) is 0 Å². The van der Waals surface area contributed by atoms with E-state index in [0.717, 1.165) is 10.4 Å². The second-order valence-corrected chi connectivity index (χ2v) is 7.88. The number of aliphatic hydroxyl groups excluding tert-OH is 1. The number of piperazine rings is 1. The molecule has 1 N–H and O–H groups in total. The maximum atomic E-state index is 13.0. The highest BCUT2D eigenvalue weighted by Crippen LogP contribution is 2.35. The molecule has 7 nitrogen and oxygen atoms in total. The molecule has 1 aromatic heterocycles. The molecular formula is C19H21Cl2F3N4O3. The van der Waals surface area contributed by atoms with Crippen molar-refractivity contribution in [1.82, 2.24) is 14.7 Å². The number of aromatic nitrogens is 2. The first-order valence-electron chi connectivity index (χ1n) is 9.35. The fourth-order valence-electron chi connectivity index (χ4n) is 3.49. The number of anilines is 1. The zero-order valence-electron chi connectivity index (χ0n) is 16.8. The average Bonchev–Trinajstić information content (AvgIpc) is 3.02. The third kappa shape index (κ3) is 4.86. The van der Waals surface area contributed by atoms with Crippen LogP contribution in [0.15, 0.2) is 18.2 Å². The summed E-state index contributed by atoms with van der Waals surface area (Å²) in [6.07, 6.45) is -4.70. The molecular weight excluding hydrogens is 460 g/mol. The largest absolute Gasteiger partial charge is 0.495 e. The molecule has 1 saturated heterocycles. The Kier molecular flexibility index (Phi) is 6.92. The molecule has 1 fully saturated rings. The van der Waals surface area contributed by atoms with Gasteiger partial charge in [-0.25, -0.2) is 0 Å². The third-order valence-electron chi connectivity index (χ3n) is 5.20. The Labute approximate surface area is 186 Å². The van der Waals surface area contributed by atoms with Gasteiger partial charge in [-0.3, -0.25) is 9.48 Å². The number of nitrogens with zero attached hydrogens (tertiary/aromatic N) is 4. The molecule has 0 spiro atoms. The minimum Gasteiger partial charge on any atom is -0.495 e. The lowest BCUT2D eigenvalue weighted by atomic mass is 10.1. The predicted molar refractivity (Wildman–Crippen MR) is 110 cm³/mol. The molecule has 1 aliphatic heterocycles. The van der Waals surface area contributed by atoms with Crippen molar-refractivity contribution in [2.45, 2.75) is 25.7 Å². The SMILES string of the molecule is COc1cc(N2CCN(C(=O)Cn3nc(C(F)(F)F)c(Cl)c3C)CC2CO)ccc1Cl. The minimum absolute atomic E-state index is 0.0629. The molecule has 2 heterocycles. The molecule has 1 amide bonds. The molecule has 31 heavy (non-hydrogen) atoms. The Bertz CT molecular complexity index is 968. The second kappa shape index (κ2) is 9.13. The molecule has 0 bridgehead atoms. The summed E-state index contributed by atoms with van der Waals surface area (Å²) in [5, 5.41) is 13.3. The van der Waals surface area contributed by atoms with Gasteiger partial charge < -0.3 is 19.6 Å². The molecule has 12 heteroatoms. The number of ether oxygens (including phenoxy) is 1. The van der Waals surface area contributed by atoms with Gasteiger partial charge in [0.05, 0.1) is 35.5 Å². The van der Waals surface area contributed by atoms with Gasteiger partial charge in [0.1, 0.15) is 12.3 Å². The highest BCUT2D eigenvalue weighted by Gasteiger charge is 2.38. The van der Waals surface area contributed by atoms with Gasteiger partial charge >= 0.3 is 6.18 Å². The van der Waals surface area contributed by atoms with Crippen molar-refractivity contribution in [3.05, 3.63) is 39.6 Å². The van der Waals surface area contributed by atoms with Crippen LogP contribution in [0.3, 0.4) is 0 Å². The number of amides is 1. The topological polar surface area (TPSA) is 70.8 Å². The van der Waals surface area contributed by atoms with Gasteiger partial charge in [0.15, 0.2) is 5.69 Å². The first kappa shape index (κ1) is 23.5. The number of benzene rings is 1. The lowest BCUT2D eigenvalue weighted by Gasteiger charge is -2.42. The monoisotopic (exact) mass is 480 g/mol. The maximum Gasteiger partial charge on any atom is 0.436 e. The number of alkyl halides is 3. The van der Waals surface area contributed by atoms with E-state index in [0.29, 0.717) is 23.9 Å². The summed E-state index contributed by atoms with van der Waals surface area (Å²) < 4.78 is 45.2. The Balaban J connectivity index is 1.73. The summed E-state index contributed by atoms with van der Waals surface area (Å²) in [6, 6.07) is 4.82. The van der Waals surface area contributed by atoms with Crippen molar-refractivity contribution >= 4 is 34.8 Å². The van der Waals surface area contributed by atoms with E-state index in [1.54, 1.807) is 18.2 Å². The van der Waals surface area contributed by atoms with Crippen LogP contribution < -0.4 is 9.64 Å². The van der Waals surface area contributed by atoms with Crippen LogP contribution in [0, 0.1) is 6.92 Å². The van der Waals surface area contributed by atoms with Crippen molar-refractivity contribution in [3.63, 3.8) is 0 Å². The van der Waals surface area contributed by atoms with Crippen LogP contribution in [0.1, 0.15) is 11.4 Å².